The van der Waals surface area contributed by atoms with E-state index in [1.807, 2.05) is 6.92 Å². The lowest BCUT2D eigenvalue weighted by molar-refractivity contribution is 0.121. The molecule has 0 aromatic heterocycles. The predicted molar refractivity (Wildman–Crippen MR) is 60.6 cm³/mol. The van der Waals surface area contributed by atoms with Crippen LogP contribution in [-0.2, 0) is 9.09 Å². The first-order valence-electron chi connectivity index (χ1n) is 5.73. The largest absolute Gasteiger partial charge is 0.469 e. The van der Waals surface area contributed by atoms with Crippen LogP contribution in [0.25, 0.3) is 0 Å². The molecule has 0 aliphatic heterocycles. The zero-order valence-corrected chi connectivity index (χ0v) is 10.6. The summed E-state index contributed by atoms with van der Waals surface area (Å²) in [5.74, 6) is 0. The molecule has 1 unspecified atom stereocenters. The van der Waals surface area contributed by atoms with Gasteiger partial charge in [0.25, 0.3) is 0 Å². The Balaban J connectivity index is 3.58. The van der Waals surface area contributed by atoms with Crippen LogP contribution in [-0.4, -0.2) is 15.9 Å². The molecular formula is C10H23O4P. The molecule has 0 rings (SSSR count). The van der Waals surface area contributed by atoms with Crippen molar-refractivity contribution in [2.45, 2.75) is 64.9 Å². The second kappa shape index (κ2) is 8.28. The van der Waals surface area contributed by atoms with Crippen LogP contribution in [0.5, 0.6) is 0 Å². The van der Waals surface area contributed by atoms with Crippen LogP contribution < -0.4 is 0 Å². The highest BCUT2D eigenvalue weighted by molar-refractivity contribution is 7.46. The molecule has 0 spiro atoms. The number of hydrogen-bond acceptors (Lipinski definition) is 2. The van der Waals surface area contributed by atoms with Gasteiger partial charge in [0, 0.05) is 0 Å². The van der Waals surface area contributed by atoms with E-state index in [2.05, 4.69) is 11.4 Å². The second-order valence-corrected chi connectivity index (χ2v) is 5.02. The lowest BCUT2D eigenvalue weighted by Crippen LogP contribution is -2.09. The fourth-order valence-corrected chi connectivity index (χ4v) is 2.14. The molecule has 1 atom stereocenters. The van der Waals surface area contributed by atoms with Crippen molar-refractivity contribution in [3.8, 4) is 0 Å². The summed E-state index contributed by atoms with van der Waals surface area (Å²) in [6.45, 7) is 4.04. The summed E-state index contributed by atoms with van der Waals surface area (Å²) >= 11 is 0. The molecule has 15 heavy (non-hydrogen) atoms. The Morgan fingerprint density at radius 1 is 1.13 bits per heavy atom. The summed E-state index contributed by atoms with van der Waals surface area (Å²) in [4.78, 5) is 17.3. The van der Waals surface area contributed by atoms with Crippen LogP contribution in [0.15, 0.2) is 0 Å². The van der Waals surface area contributed by atoms with Crippen molar-refractivity contribution in [1.82, 2.24) is 0 Å². The van der Waals surface area contributed by atoms with Gasteiger partial charge in [0.05, 0.1) is 6.10 Å². The van der Waals surface area contributed by atoms with Crippen molar-refractivity contribution in [3.63, 3.8) is 0 Å². The molecule has 0 bridgehead atoms. The van der Waals surface area contributed by atoms with Crippen LogP contribution in [0, 0.1) is 0 Å². The maximum atomic E-state index is 10.6. The zero-order chi connectivity index (χ0) is 11.7. The number of phosphoric acid groups is 1. The summed E-state index contributed by atoms with van der Waals surface area (Å²) in [5.41, 5.74) is 0. The molecule has 0 aromatic carbocycles. The van der Waals surface area contributed by atoms with Crippen LogP contribution in [0.2, 0.25) is 0 Å². The van der Waals surface area contributed by atoms with E-state index in [4.69, 9.17) is 9.79 Å². The second-order valence-electron chi connectivity index (χ2n) is 3.83. The molecule has 5 heteroatoms. The highest BCUT2D eigenvalue weighted by Gasteiger charge is 2.20. The Morgan fingerprint density at radius 3 is 2.20 bits per heavy atom. The van der Waals surface area contributed by atoms with E-state index in [-0.39, 0.29) is 6.10 Å². The predicted octanol–water partition coefficient (Wildman–Crippen LogP) is 3.23. The van der Waals surface area contributed by atoms with Gasteiger partial charge in [0.15, 0.2) is 0 Å². The summed E-state index contributed by atoms with van der Waals surface area (Å²) < 4.78 is 15.3. The number of hydrogen-bond donors (Lipinski definition) is 2. The molecule has 92 valence electrons. The lowest BCUT2D eigenvalue weighted by Gasteiger charge is -2.16. The first-order valence-corrected chi connectivity index (χ1v) is 7.26. The Morgan fingerprint density at radius 2 is 1.73 bits per heavy atom. The average molecular weight is 238 g/mol. The summed E-state index contributed by atoms with van der Waals surface area (Å²) in [5, 5.41) is 0. The molecule has 0 aliphatic rings. The third-order valence-electron chi connectivity index (χ3n) is 2.37. The molecule has 0 amide bonds. The Bertz CT molecular complexity index is 190. The molecule has 0 fully saturated rings. The Kier molecular flexibility index (Phi) is 8.34. The van der Waals surface area contributed by atoms with Gasteiger partial charge in [-0.2, -0.15) is 0 Å². The molecule has 0 aliphatic carbocycles. The summed E-state index contributed by atoms with van der Waals surface area (Å²) in [6.07, 6.45) is 6.83. The molecule has 0 heterocycles. The first-order chi connectivity index (χ1) is 6.99. The van der Waals surface area contributed by atoms with Crippen LogP contribution in [0.3, 0.4) is 0 Å². The average Bonchev–Trinajstić information content (AvgIpc) is 2.14. The topological polar surface area (TPSA) is 66.8 Å². The van der Waals surface area contributed by atoms with Gasteiger partial charge in [-0.3, -0.25) is 4.52 Å². The molecule has 4 nitrogen and oxygen atoms in total. The number of unbranched alkanes of at least 4 members (excludes halogenated alkanes) is 4. The van der Waals surface area contributed by atoms with Crippen molar-refractivity contribution in [2.24, 2.45) is 0 Å². The SMILES string of the molecule is CCCCCCCC(CC)OP(=O)(O)O. The summed E-state index contributed by atoms with van der Waals surface area (Å²) in [6, 6.07) is 0. The standard InChI is InChI=1S/C10H23O4P/c1-3-5-6-7-8-9-10(4-2)14-15(11,12)13/h10H,3-9H2,1-2H3,(H2,11,12,13). The first kappa shape index (κ1) is 15.1. The van der Waals surface area contributed by atoms with E-state index in [0.717, 1.165) is 19.3 Å². The van der Waals surface area contributed by atoms with Crippen molar-refractivity contribution in [3.05, 3.63) is 0 Å². The monoisotopic (exact) mass is 238 g/mol. The van der Waals surface area contributed by atoms with Gasteiger partial charge in [-0.05, 0) is 12.8 Å². The highest BCUT2D eigenvalue weighted by atomic mass is 31.2. The minimum Gasteiger partial charge on any atom is -0.303 e. The van der Waals surface area contributed by atoms with Crippen molar-refractivity contribution in [1.29, 1.82) is 0 Å². The third-order valence-corrected chi connectivity index (χ3v) is 2.94. The van der Waals surface area contributed by atoms with E-state index in [9.17, 15) is 4.57 Å². The van der Waals surface area contributed by atoms with Crippen molar-refractivity contribution >= 4 is 7.82 Å². The Hall–Kier alpha value is 0.110. The Labute approximate surface area is 92.3 Å². The molecule has 2 N–H and O–H groups in total. The van der Waals surface area contributed by atoms with Gasteiger partial charge >= 0.3 is 7.82 Å². The molecular weight excluding hydrogens is 215 g/mol. The van der Waals surface area contributed by atoms with Gasteiger partial charge in [-0.25, -0.2) is 4.57 Å². The molecule has 0 aromatic rings. The number of phosphoric ester groups is 1. The van der Waals surface area contributed by atoms with E-state index in [1.165, 1.54) is 19.3 Å². The smallest absolute Gasteiger partial charge is 0.303 e. The highest BCUT2D eigenvalue weighted by Crippen LogP contribution is 2.39. The maximum absolute atomic E-state index is 10.6. The van der Waals surface area contributed by atoms with Crippen LogP contribution in [0.1, 0.15) is 58.8 Å². The van der Waals surface area contributed by atoms with Crippen molar-refractivity contribution < 1.29 is 18.9 Å². The normalized spacial score (nSPS) is 14.1. The van der Waals surface area contributed by atoms with E-state index in [0.29, 0.717) is 6.42 Å². The minimum atomic E-state index is -4.30. The van der Waals surface area contributed by atoms with E-state index >= 15 is 0 Å². The fourth-order valence-electron chi connectivity index (χ4n) is 1.50. The third kappa shape index (κ3) is 10.4. The van der Waals surface area contributed by atoms with Gasteiger partial charge < -0.3 is 9.79 Å². The van der Waals surface area contributed by atoms with Gasteiger partial charge in [0.2, 0.25) is 0 Å². The lowest BCUT2D eigenvalue weighted by atomic mass is 10.1. The maximum Gasteiger partial charge on any atom is 0.469 e. The number of rotatable bonds is 9. The van der Waals surface area contributed by atoms with Gasteiger partial charge in [-0.1, -0.05) is 46.0 Å². The van der Waals surface area contributed by atoms with Gasteiger partial charge in [0.1, 0.15) is 0 Å². The fraction of sp³-hybridized carbons (Fsp3) is 1.00. The van der Waals surface area contributed by atoms with E-state index < -0.39 is 7.82 Å². The van der Waals surface area contributed by atoms with Gasteiger partial charge in [-0.15, -0.1) is 0 Å². The summed E-state index contributed by atoms with van der Waals surface area (Å²) in [7, 11) is -4.30. The minimum absolute atomic E-state index is 0.299. The molecule has 0 saturated heterocycles. The zero-order valence-electron chi connectivity index (χ0n) is 9.69. The van der Waals surface area contributed by atoms with Crippen molar-refractivity contribution in [2.75, 3.05) is 0 Å². The van der Waals surface area contributed by atoms with Crippen LogP contribution in [0.4, 0.5) is 0 Å². The molecule has 0 radical (unpaired) electrons. The van der Waals surface area contributed by atoms with E-state index in [1.54, 1.807) is 0 Å². The molecule has 0 saturated carbocycles. The quantitative estimate of drug-likeness (QED) is 0.478. The van der Waals surface area contributed by atoms with Crippen LogP contribution >= 0.6 is 7.82 Å².